The zero-order valence-corrected chi connectivity index (χ0v) is 8.34. The highest BCUT2D eigenvalue weighted by atomic mass is 19.1. The first-order valence-corrected chi connectivity index (χ1v) is 4.33. The number of hydrogen-bond acceptors (Lipinski definition) is 3. The molecule has 1 aromatic rings. The van der Waals surface area contributed by atoms with E-state index in [1.807, 2.05) is 6.92 Å². The normalized spacial score (nSPS) is 10.3. The zero-order valence-electron chi connectivity index (χ0n) is 8.34. The standard InChI is InChI=1S/C10H14FNO2/c1-7-8(3-4-14-12)5-9(11)6-10(7)13-2/h5-6H,3-4,12H2,1-2H3. The fraction of sp³-hybridized carbons (Fsp3) is 0.400. The van der Waals surface area contributed by atoms with Gasteiger partial charge in [-0.3, -0.25) is 0 Å². The molecule has 0 unspecified atom stereocenters. The van der Waals surface area contributed by atoms with Crippen LogP contribution in [0.25, 0.3) is 0 Å². The number of hydrogen-bond donors (Lipinski definition) is 1. The third kappa shape index (κ3) is 2.43. The Kier molecular flexibility index (Phi) is 3.85. The van der Waals surface area contributed by atoms with Gasteiger partial charge in [-0.05, 0) is 30.5 Å². The number of rotatable bonds is 4. The van der Waals surface area contributed by atoms with Crippen molar-refractivity contribution in [2.45, 2.75) is 13.3 Å². The molecule has 0 aliphatic rings. The Morgan fingerprint density at radius 3 is 2.71 bits per heavy atom. The van der Waals surface area contributed by atoms with Gasteiger partial charge in [0.15, 0.2) is 0 Å². The SMILES string of the molecule is COc1cc(F)cc(CCON)c1C. The summed E-state index contributed by atoms with van der Waals surface area (Å²) in [5.74, 6) is 5.16. The third-order valence-corrected chi connectivity index (χ3v) is 2.14. The van der Waals surface area contributed by atoms with Crippen molar-refractivity contribution >= 4 is 0 Å². The summed E-state index contributed by atoms with van der Waals surface area (Å²) in [7, 11) is 1.52. The monoisotopic (exact) mass is 199 g/mol. The van der Waals surface area contributed by atoms with Crippen molar-refractivity contribution in [2.75, 3.05) is 13.7 Å². The van der Waals surface area contributed by atoms with Crippen LogP contribution in [-0.2, 0) is 11.3 Å². The van der Waals surface area contributed by atoms with Gasteiger partial charge in [-0.15, -0.1) is 0 Å². The van der Waals surface area contributed by atoms with E-state index in [9.17, 15) is 4.39 Å². The molecule has 1 rings (SSSR count). The van der Waals surface area contributed by atoms with Crippen LogP contribution in [0, 0.1) is 12.7 Å². The molecular formula is C10H14FNO2. The third-order valence-electron chi connectivity index (χ3n) is 2.14. The molecule has 0 aromatic heterocycles. The first-order chi connectivity index (χ1) is 6.69. The summed E-state index contributed by atoms with van der Waals surface area (Å²) >= 11 is 0. The van der Waals surface area contributed by atoms with Crippen molar-refractivity contribution in [1.82, 2.24) is 0 Å². The van der Waals surface area contributed by atoms with E-state index in [1.54, 1.807) is 0 Å². The topological polar surface area (TPSA) is 44.5 Å². The first kappa shape index (κ1) is 10.9. The van der Waals surface area contributed by atoms with Gasteiger partial charge in [0.05, 0.1) is 13.7 Å². The van der Waals surface area contributed by atoms with Gasteiger partial charge < -0.3 is 9.57 Å². The van der Waals surface area contributed by atoms with Gasteiger partial charge in [-0.25, -0.2) is 10.3 Å². The molecule has 2 N–H and O–H groups in total. The van der Waals surface area contributed by atoms with Crippen molar-refractivity contribution in [3.8, 4) is 5.75 Å². The van der Waals surface area contributed by atoms with Gasteiger partial charge in [0.1, 0.15) is 11.6 Å². The van der Waals surface area contributed by atoms with Crippen LogP contribution in [0.2, 0.25) is 0 Å². The molecule has 14 heavy (non-hydrogen) atoms. The van der Waals surface area contributed by atoms with Crippen molar-refractivity contribution in [3.63, 3.8) is 0 Å². The molecule has 3 nitrogen and oxygen atoms in total. The van der Waals surface area contributed by atoms with Crippen molar-refractivity contribution in [1.29, 1.82) is 0 Å². The molecule has 4 heteroatoms. The van der Waals surface area contributed by atoms with Crippen LogP contribution in [0.3, 0.4) is 0 Å². The molecule has 0 spiro atoms. The molecule has 0 saturated heterocycles. The van der Waals surface area contributed by atoms with Crippen LogP contribution in [0.5, 0.6) is 5.75 Å². The Labute approximate surface area is 82.6 Å². The number of methoxy groups -OCH3 is 1. The lowest BCUT2D eigenvalue weighted by atomic mass is 10.0. The summed E-state index contributed by atoms with van der Waals surface area (Å²) < 4.78 is 18.1. The number of nitrogens with two attached hydrogens (primary N) is 1. The second kappa shape index (κ2) is 4.93. The molecule has 0 aliphatic heterocycles. The average molecular weight is 199 g/mol. The van der Waals surface area contributed by atoms with Gasteiger partial charge >= 0.3 is 0 Å². The minimum atomic E-state index is -0.306. The van der Waals surface area contributed by atoms with E-state index in [-0.39, 0.29) is 5.82 Å². The Bertz CT molecular complexity index is 315. The highest BCUT2D eigenvalue weighted by molar-refractivity contribution is 5.39. The zero-order chi connectivity index (χ0) is 10.6. The summed E-state index contributed by atoms with van der Waals surface area (Å²) in [5, 5.41) is 0. The fourth-order valence-electron chi connectivity index (χ4n) is 1.35. The lowest BCUT2D eigenvalue weighted by Crippen LogP contribution is -2.05. The second-order valence-electron chi connectivity index (χ2n) is 3.01. The first-order valence-electron chi connectivity index (χ1n) is 4.33. The predicted octanol–water partition coefficient (Wildman–Crippen LogP) is 1.58. The fourth-order valence-corrected chi connectivity index (χ4v) is 1.35. The van der Waals surface area contributed by atoms with Gasteiger partial charge in [-0.2, -0.15) is 0 Å². The summed E-state index contributed by atoms with van der Waals surface area (Å²) in [6, 6.07) is 2.83. The molecule has 0 amide bonds. The maximum absolute atomic E-state index is 13.1. The summed E-state index contributed by atoms with van der Waals surface area (Å²) in [6.07, 6.45) is 0.580. The van der Waals surface area contributed by atoms with E-state index < -0.39 is 0 Å². The van der Waals surface area contributed by atoms with Crippen molar-refractivity contribution in [3.05, 3.63) is 29.1 Å². The number of benzene rings is 1. The lowest BCUT2D eigenvalue weighted by molar-refractivity contribution is 0.141. The molecule has 0 radical (unpaired) electrons. The van der Waals surface area contributed by atoms with E-state index in [1.165, 1.54) is 19.2 Å². The largest absolute Gasteiger partial charge is 0.496 e. The summed E-state index contributed by atoms with van der Waals surface area (Å²) in [4.78, 5) is 4.45. The molecule has 0 heterocycles. The van der Waals surface area contributed by atoms with Crippen LogP contribution in [-0.4, -0.2) is 13.7 Å². The number of ether oxygens (including phenoxy) is 1. The summed E-state index contributed by atoms with van der Waals surface area (Å²) in [6.45, 7) is 2.25. The Hall–Kier alpha value is -1.13. The molecule has 0 atom stereocenters. The molecule has 0 aliphatic carbocycles. The molecule has 1 aromatic carbocycles. The van der Waals surface area contributed by atoms with Gasteiger partial charge in [0.25, 0.3) is 0 Å². The van der Waals surface area contributed by atoms with E-state index in [0.717, 1.165) is 11.1 Å². The maximum atomic E-state index is 13.1. The molecule has 0 fully saturated rings. The predicted molar refractivity (Wildman–Crippen MR) is 51.5 cm³/mol. The smallest absolute Gasteiger partial charge is 0.127 e. The quantitative estimate of drug-likeness (QED) is 0.749. The van der Waals surface area contributed by atoms with Crippen molar-refractivity contribution in [2.24, 2.45) is 5.90 Å². The second-order valence-corrected chi connectivity index (χ2v) is 3.01. The Morgan fingerprint density at radius 2 is 2.14 bits per heavy atom. The van der Waals surface area contributed by atoms with Crippen LogP contribution in [0.15, 0.2) is 12.1 Å². The molecule has 0 saturated carbocycles. The molecule has 78 valence electrons. The van der Waals surface area contributed by atoms with Crippen LogP contribution in [0.4, 0.5) is 4.39 Å². The molecular weight excluding hydrogens is 185 g/mol. The highest BCUT2D eigenvalue weighted by Crippen LogP contribution is 2.23. The van der Waals surface area contributed by atoms with Crippen LogP contribution in [0.1, 0.15) is 11.1 Å². The van der Waals surface area contributed by atoms with Gasteiger partial charge in [-0.1, -0.05) is 0 Å². The van der Waals surface area contributed by atoms with Gasteiger partial charge in [0.2, 0.25) is 0 Å². The Balaban J connectivity index is 2.96. The van der Waals surface area contributed by atoms with Crippen LogP contribution < -0.4 is 10.6 Å². The van der Waals surface area contributed by atoms with Crippen molar-refractivity contribution < 1.29 is 14.0 Å². The van der Waals surface area contributed by atoms with E-state index in [0.29, 0.717) is 18.8 Å². The lowest BCUT2D eigenvalue weighted by Gasteiger charge is -2.10. The minimum Gasteiger partial charge on any atom is -0.496 e. The van der Waals surface area contributed by atoms with E-state index >= 15 is 0 Å². The highest BCUT2D eigenvalue weighted by Gasteiger charge is 2.07. The Morgan fingerprint density at radius 1 is 1.43 bits per heavy atom. The van der Waals surface area contributed by atoms with E-state index in [4.69, 9.17) is 10.6 Å². The number of halogens is 1. The molecule has 0 bridgehead atoms. The minimum absolute atomic E-state index is 0.306. The summed E-state index contributed by atoms with van der Waals surface area (Å²) in [5.41, 5.74) is 1.78. The van der Waals surface area contributed by atoms with Crippen LogP contribution >= 0.6 is 0 Å². The maximum Gasteiger partial charge on any atom is 0.127 e. The van der Waals surface area contributed by atoms with E-state index in [2.05, 4.69) is 4.84 Å². The van der Waals surface area contributed by atoms with Gasteiger partial charge in [0, 0.05) is 6.07 Å². The average Bonchev–Trinajstić information content (AvgIpc) is 2.18.